The van der Waals surface area contributed by atoms with E-state index >= 15 is 0 Å². The molecule has 0 bridgehead atoms. The summed E-state index contributed by atoms with van der Waals surface area (Å²) in [4.78, 5) is 42.0. The highest BCUT2D eigenvalue weighted by Gasteiger charge is 2.54. The molecule has 2 aliphatic rings. The van der Waals surface area contributed by atoms with Crippen LogP contribution < -0.4 is 5.32 Å². The Kier molecular flexibility index (Phi) is 8.92. The van der Waals surface area contributed by atoms with E-state index in [0.29, 0.717) is 11.5 Å². The van der Waals surface area contributed by atoms with E-state index in [9.17, 15) is 14.4 Å². The molecule has 4 aromatic rings. The van der Waals surface area contributed by atoms with Gasteiger partial charge in [0.05, 0.1) is 6.42 Å². The number of nitrogens with zero attached hydrogens (tertiary/aromatic N) is 3. The Hall–Kier alpha value is -3.93. The molecular formula is C32H28N4O4S3. The van der Waals surface area contributed by atoms with Gasteiger partial charge in [-0.05, 0) is 29.2 Å². The summed E-state index contributed by atoms with van der Waals surface area (Å²) in [6.45, 7) is 1.89. The number of carbonyl (C=O) groups excluding carboxylic acids is 3. The third-order valence-corrected chi connectivity index (χ3v) is 10.5. The molecule has 11 heteroatoms. The number of hydrogen-bond acceptors (Lipinski definition) is 9. The lowest BCUT2D eigenvalue weighted by Crippen LogP contribution is -2.70. The predicted molar refractivity (Wildman–Crippen MR) is 168 cm³/mol. The van der Waals surface area contributed by atoms with Crippen LogP contribution in [0.2, 0.25) is 0 Å². The van der Waals surface area contributed by atoms with Crippen molar-refractivity contribution in [3.8, 4) is 0 Å². The summed E-state index contributed by atoms with van der Waals surface area (Å²) in [5, 5.41) is 11.6. The summed E-state index contributed by atoms with van der Waals surface area (Å²) >= 11 is 4.50. The fourth-order valence-electron chi connectivity index (χ4n) is 5.02. The Labute approximate surface area is 261 Å². The van der Waals surface area contributed by atoms with E-state index in [0.717, 1.165) is 31.6 Å². The summed E-state index contributed by atoms with van der Waals surface area (Å²) in [7, 11) is 0. The SMILES string of the molecule is Cc1nnc(SCC2=C(C(=O)OC(c3ccccc3)c3ccccc3)N3C(=O)[C@@H](NC(=O)Cc4ccccc4)[C@H]3SC2)s1. The number of benzene rings is 3. The maximum atomic E-state index is 14.1. The molecule has 1 aromatic heterocycles. The quantitative estimate of drug-likeness (QED) is 0.146. The van der Waals surface area contributed by atoms with Crippen molar-refractivity contribution < 1.29 is 19.1 Å². The van der Waals surface area contributed by atoms with Crippen LogP contribution in [-0.2, 0) is 25.5 Å². The molecule has 6 rings (SSSR count). The largest absolute Gasteiger partial charge is 0.448 e. The van der Waals surface area contributed by atoms with Gasteiger partial charge in [-0.3, -0.25) is 14.5 Å². The van der Waals surface area contributed by atoms with Gasteiger partial charge in [0.15, 0.2) is 10.4 Å². The van der Waals surface area contributed by atoms with Crippen LogP contribution in [0.4, 0.5) is 0 Å². The molecule has 0 saturated carbocycles. The molecule has 2 aliphatic heterocycles. The lowest BCUT2D eigenvalue weighted by Gasteiger charge is -2.49. The molecule has 0 aliphatic carbocycles. The molecule has 3 aromatic carbocycles. The number of ether oxygens (including phenoxy) is 1. The Morgan fingerprint density at radius 3 is 2.21 bits per heavy atom. The number of thioether (sulfide) groups is 2. The van der Waals surface area contributed by atoms with Gasteiger partial charge >= 0.3 is 5.97 Å². The van der Waals surface area contributed by atoms with Gasteiger partial charge in [-0.15, -0.1) is 22.0 Å². The third-order valence-electron chi connectivity index (χ3n) is 7.07. The van der Waals surface area contributed by atoms with E-state index < -0.39 is 23.5 Å². The van der Waals surface area contributed by atoms with Gasteiger partial charge in [0.25, 0.3) is 5.91 Å². The standard InChI is InChI=1S/C32H28N4O4S3/c1-20-34-35-32(43-20)42-19-24-18-41-30-26(33-25(37)17-21-11-5-2-6-12-21)29(38)36(30)27(24)31(39)40-28(22-13-7-3-8-14-22)23-15-9-4-10-16-23/h2-16,26,28,30H,17-19H2,1H3,(H,33,37)/t26-,30-/m1/s1. The van der Waals surface area contributed by atoms with E-state index in [-0.39, 0.29) is 23.9 Å². The second kappa shape index (κ2) is 13.2. The van der Waals surface area contributed by atoms with E-state index in [2.05, 4.69) is 15.5 Å². The fraction of sp³-hybridized carbons (Fsp3) is 0.219. The van der Waals surface area contributed by atoms with Crippen LogP contribution in [0.1, 0.15) is 27.8 Å². The number of aryl methyl sites for hydroxylation is 1. The molecule has 0 radical (unpaired) electrons. The van der Waals surface area contributed by atoms with Crippen LogP contribution in [0, 0.1) is 6.92 Å². The van der Waals surface area contributed by atoms with Crippen LogP contribution >= 0.6 is 34.9 Å². The highest BCUT2D eigenvalue weighted by Crippen LogP contribution is 2.43. The van der Waals surface area contributed by atoms with Crippen LogP contribution in [0.3, 0.4) is 0 Å². The highest BCUT2D eigenvalue weighted by atomic mass is 32.2. The van der Waals surface area contributed by atoms with Crippen LogP contribution in [0.15, 0.2) is 107 Å². The Bertz CT molecular complexity index is 1610. The Morgan fingerprint density at radius 1 is 0.977 bits per heavy atom. The summed E-state index contributed by atoms with van der Waals surface area (Å²) in [6, 6.07) is 27.8. The number of aromatic nitrogens is 2. The minimum atomic E-state index is -0.719. The first kappa shape index (κ1) is 29.2. The van der Waals surface area contributed by atoms with Gasteiger partial charge < -0.3 is 10.1 Å². The molecule has 218 valence electrons. The van der Waals surface area contributed by atoms with Crippen LogP contribution in [-0.4, -0.2) is 55.8 Å². The second-order valence-electron chi connectivity index (χ2n) is 10.1. The van der Waals surface area contributed by atoms with Crippen molar-refractivity contribution in [2.24, 2.45) is 0 Å². The van der Waals surface area contributed by atoms with Gasteiger partial charge in [-0.1, -0.05) is 114 Å². The van der Waals surface area contributed by atoms with Gasteiger partial charge in [-0.2, -0.15) is 0 Å². The first-order valence-corrected chi connectivity index (χ1v) is 16.6. The van der Waals surface area contributed by atoms with Crippen molar-refractivity contribution in [3.05, 3.63) is 124 Å². The van der Waals surface area contributed by atoms with Gasteiger partial charge in [-0.25, -0.2) is 4.79 Å². The number of esters is 1. The molecule has 0 unspecified atom stereocenters. The molecule has 1 saturated heterocycles. The zero-order valence-corrected chi connectivity index (χ0v) is 25.7. The number of carbonyl (C=O) groups is 3. The normalized spacial score (nSPS) is 17.8. The van der Waals surface area contributed by atoms with Crippen LogP contribution in [0.5, 0.6) is 0 Å². The average molecular weight is 629 g/mol. The summed E-state index contributed by atoms with van der Waals surface area (Å²) < 4.78 is 7.01. The van der Waals surface area contributed by atoms with Crippen molar-refractivity contribution in [1.82, 2.24) is 20.4 Å². The van der Waals surface area contributed by atoms with Gasteiger partial charge in [0.2, 0.25) is 5.91 Å². The smallest absolute Gasteiger partial charge is 0.356 e. The Balaban J connectivity index is 1.26. The number of hydrogen-bond donors (Lipinski definition) is 1. The molecule has 43 heavy (non-hydrogen) atoms. The van der Waals surface area contributed by atoms with Crippen molar-refractivity contribution in [2.75, 3.05) is 11.5 Å². The summed E-state index contributed by atoms with van der Waals surface area (Å²) in [5.41, 5.74) is 3.54. The van der Waals surface area contributed by atoms with Crippen molar-refractivity contribution in [3.63, 3.8) is 0 Å². The minimum Gasteiger partial charge on any atom is -0.448 e. The van der Waals surface area contributed by atoms with Crippen molar-refractivity contribution in [2.45, 2.75) is 35.2 Å². The monoisotopic (exact) mass is 628 g/mol. The van der Waals surface area contributed by atoms with Crippen molar-refractivity contribution >= 4 is 52.6 Å². The van der Waals surface area contributed by atoms with E-state index in [1.165, 1.54) is 39.8 Å². The molecule has 3 heterocycles. The number of amides is 2. The molecule has 1 N–H and O–H groups in total. The molecule has 1 fully saturated rings. The second-order valence-corrected chi connectivity index (χ2v) is 13.6. The maximum Gasteiger partial charge on any atom is 0.356 e. The number of fused-ring (bicyclic) bond motifs is 1. The van der Waals surface area contributed by atoms with Gasteiger partial charge in [0.1, 0.15) is 22.1 Å². The zero-order chi connectivity index (χ0) is 29.8. The van der Waals surface area contributed by atoms with Crippen molar-refractivity contribution in [1.29, 1.82) is 0 Å². The molecule has 0 spiro atoms. The number of β-lactam (4-membered cyclic amide) rings is 1. The van der Waals surface area contributed by atoms with Gasteiger partial charge in [0, 0.05) is 11.5 Å². The van der Waals surface area contributed by atoms with Crippen LogP contribution in [0.25, 0.3) is 0 Å². The topological polar surface area (TPSA) is 101 Å². The van der Waals surface area contributed by atoms with E-state index in [1.807, 2.05) is 97.9 Å². The fourth-order valence-corrected chi connectivity index (χ4v) is 8.32. The molecule has 2 atom stereocenters. The summed E-state index contributed by atoms with van der Waals surface area (Å²) in [5.74, 6) is -0.172. The average Bonchev–Trinajstić information content (AvgIpc) is 3.47. The molecular weight excluding hydrogens is 601 g/mol. The number of nitrogens with one attached hydrogen (secondary N) is 1. The predicted octanol–water partition coefficient (Wildman–Crippen LogP) is 5.17. The highest BCUT2D eigenvalue weighted by molar-refractivity contribution is 8.01. The summed E-state index contributed by atoms with van der Waals surface area (Å²) in [6.07, 6.45) is -0.487. The zero-order valence-electron chi connectivity index (χ0n) is 23.2. The third kappa shape index (κ3) is 6.53. The lowest BCUT2D eigenvalue weighted by atomic mass is 10.0. The van der Waals surface area contributed by atoms with E-state index in [4.69, 9.17) is 4.74 Å². The number of rotatable bonds is 10. The Morgan fingerprint density at radius 2 is 1.60 bits per heavy atom. The minimum absolute atomic E-state index is 0.172. The lowest BCUT2D eigenvalue weighted by molar-refractivity contribution is -0.154. The maximum absolute atomic E-state index is 14.1. The van der Waals surface area contributed by atoms with E-state index in [1.54, 1.807) is 0 Å². The first-order chi connectivity index (χ1) is 21.0. The molecule has 8 nitrogen and oxygen atoms in total. The molecule has 2 amide bonds. The first-order valence-electron chi connectivity index (χ1n) is 13.7.